The summed E-state index contributed by atoms with van der Waals surface area (Å²) in [5, 5.41) is 0. The predicted octanol–water partition coefficient (Wildman–Crippen LogP) is 2.65. The summed E-state index contributed by atoms with van der Waals surface area (Å²) in [4.78, 5) is 0. The smallest absolute Gasteiger partial charge is 0.146 e. The van der Waals surface area contributed by atoms with Gasteiger partial charge in [-0.15, -0.1) is 0 Å². The Bertz CT molecular complexity index is 211. The molecule has 0 aromatic rings. The molecule has 1 atom stereocenters. The molecule has 0 N–H and O–H groups in total. The minimum atomic E-state index is -1.37. The second kappa shape index (κ2) is 4.94. The summed E-state index contributed by atoms with van der Waals surface area (Å²) in [6, 6.07) is 0. The summed E-state index contributed by atoms with van der Waals surface area (Å²) in [5.74, 6) is 0.672. The van der Waals surface area contributed by atoms with E-state index in [1.54, 1.807) is 0 Å². The molecule has 0 radical (unpaired) electrons. The molecule has 0 aliphatic carbocycles. The van der Waals surface area contributed by atoms with Gasteiger partial charge in [0.05, 0.1) is 13.7 Å². The molecule has 0 saturated heterocycles. The highest BCUT2D eigenvalue weighted by molar-refractivity contribution is 7.84. The van der Waals surface area contributed by atoms with E-state index < -0.39 is 8.07 Å². The fourth-order valence-electron chi connectivity index (χ4n) is 2.21. The molecule has 0 amide bonds. The van der Waals surface area contributed by atoms with Gasteiger partial charge in [-0.25, -0.2) is 0 Å². The highest BCUT2D eigenvalue weighted by Gasteiger charge is 2.51. The third-order valence-electron chi connectivity index (χ3n) is 3.45. The number of thiol groups is 1. The van der Waals surface area contributed by atoms with Crippen molar-refractivity contribution in [3.05, 3.63) is 0 Å². The van der Waals surface area contributed by atoms with Crippen LogP contribution in [0.5, 0.6) is 0 Å². The lowest BCUT2D eigenvalue weighted by molar-refractivity contribution is 0.0934. The van der Waals surface area contributed by atoms with Crippen molar-refractivity contribution in [3.63, 3.8) is 0 Å². The molecule has 92 valence electrons. The van der Waals surface area contributed by atoms with Crippen molar-refractivity contribution < 1.29 is 4.43 Å². The van der Waals surface area contributed by atoms with Gasteiger partial charge < -0.3 is 4.43 Å². The standard InChI is InChI=1S/C11H28OSSi2/c1-9(2)8-11(13,15(5,6)7)10(3,4)12-14/h9,13H,8H2,1-7,14H3/t11-/m1/s1. The molecule has 0 aliphatic heterocycles. The fraction of sp³-hybridized carbons (Fsp3) is 1.00. The van der Waals surface area contributed by atoms with E-state index in [1.165, 1.54) is 0 Å². The average molecular weight is 265 g/mol. The minimum Gasteiger partial charge on any atom is -0.422 e. The number of hydrogen-bond acceptors (Lipinski definition) is 2. The van der Waals surface area contributed by atoms with Crippen molar-refractivity contribution >= 4 is 31.2 Å². The van der Waals surface area contributed by atoms with Crippen LogP contribution in [-0.2, 0) is 4.43 Å². The summed E-state index contributed by atoms with van der Waals surface area (Å²) < 4.78 is 5.88. The Kier molecular flexibility index (Phi) is 5.18. The molecule has 0 fully saturated rings. The van der Waals surface area contributed by atoms with Crippen LogP contribution in [0.15, 0.2) is 0 Å². The first-order valence-corrected chi connectivity index (χ1v) is 10.5. The van der Waals surface area contributed by atoms with Crippen LogP contribution in [-0.4, -0.2) is 28.5 Å². The topological polar surface area (TPSA) is 9.23 Å². The van der Waals surface area contributed by atoms with E-state index in [0.717, 1.165) is 16.9 Å². The van der Waals surface area contributed by atoms with Crippen LogP contribution >= 0.6 is 12.6 Å². The normalized spacial score (nSPS) is 18.2. The Balaban J connectivity index is 5.21. The molecule has 4 heteroatoms. The van der Waals surface area contributed by atoms with E-state index in [9.17, 15) is 0 Å². The van der Waals surface area contributed by atoms with Crippen LogP contribution in [0.25, 0.3) is 0 Å². The summed E-state index contributed by atoms with van der Waals surface area (Å²) in [5.41, 5.74) is -0.100. The lowest BCUT2D eigenvalue weighted by Gasteiger charge is -2.51. The molecular weight excluding hydrogens is 236 g/mol. The maximum absolute atomic E-state index is 5.83. The van der Waals surface area contributed by atoms with Crippen LogP contribution in [0.1, 0.15) is 34.1 Å². The maximum Gasteiger partial charge on any atom is 0.146 e. The molecule has 0 bridgehead atoms. The van der Waals surface area contributed by atoms with E-state index in [4.69, 9.17) is 17.1 Å². The van der Waals surface area contributed by atoms with Gasteiger partial charge in [0.15, 0.2) is 0 Å². The van der Waals surface area contributed by atoms with E-state index in [-0.39, 0.29) is 9.97 Å². The lowest BCUT2D eigenvalue weighted by atomic mass is 9.95. The lowest BCUT2D eigenvalue weighted by Crippen LogP contribution is -2.62. The fourth-order valence-corrected chi connectivity index (χ4v) is 6.32. The highest BCUT2D eigenvalue weighted by atomic mass is 32.1. The van der Waals surface area contributed by atoms with E-state index >= 15 is 0 Å². The Labute approximate surface area is 105 Å². The quantitative estimate of drug-likeness (QED) is 0.593. The average Bonchev–Trinajstić information content (AvgIpc) is 2.00. The van der Waals surface area contributed by atoms with Crippen LogP contribution < -0.4 is 0 Å². The Morgan fingerprint density at radius 2 is 1.67 bits per heavy atom. The third kappa shape index (κ3) is 3.35. The molecule has 0 aromatic carbocycles. The van der Waals surface area contributed by atoms with E-state index in [1.807, 2.05) is 0 Å². The second-order valence-electron chi connectivity index (χ2n) is 6.42. The van der Waals surface area contributed by atoms with Crippen LogP contribution in [0.4, 0.5) is 0 Å². The van der Waals surface area contributed by atoms with Crippen LogP contribution in [0.2, 0.25) is 19.6 Å². The molecule has 0 spiro atoms. The Hall–Kier alpha value is 0.744. The third-order valence-corrected chi connectivity index (χ3v) is 10.5. The maximum atomic E-state index is 5.83. The van der Waals surface area contributed by atoms with Gasteiger partial charge in [-0.1, -0.05) is 33.5 Å². The molecule has 1 nitrogen and oxygen atoms in total. The van der Waals surface area contributed by atoms with Gasteiger partial charge in [-0.05, 0) is 26.2 Å². The second-order valence-corrected chi connectivity index (χ2v) is 13.4. The summed E-state index contributed by atoms with van der Waals surface area (Å²) in [6.07, 6.45) is 1.14. The SMILES string of the molecule is CC(C)C[C@](S)(C(C)(C)O[SiH3])[Si](C)(C)C. The highest BCUT2D eigenvalue weighted by Crippen LogP contribution is 2.44. The van der Waals surface area contributed by atoms with Crippen molar-refractivity contribution in [1.29, 1.82) is 0 Å². The molecule has 0 aromatic heterocycles. The Morgan fingerprint density at radius 3 is 1.87 bits per heavy atom. The van der Waals surface area contributed by atoms with Gasteiger partial charge in [0.25, 0.3) is 0 Å². The first kappa shape index (κ1) is 15.7. The molecule has 0 heterocycles. The largest absolute Gasteiger partial charge is 0.422 e. The summed E-state index contributed by atoms with van der Waals surface area (Å²) in [6.45, 7) is 16.1. The van der Waals surface area contributed by atoms with Crippen LogP contribution in [0.3, 0.4) is 0 Å². The zero-order valence-corrected chi connectivity index (χ0v) is 15.5. The first-order chi connectivity index (χ1) is 6.48. The molecule has 0 aliphatic rings. The van der Waals surface area contributed by atoms with Gasteiger partial charge in [-0.3, -0.25) is 0 Å². The monoisotopic (exact) mass is 264 g/mol. The first-order valence-electron chi connectivity index (χ1n) is 5.75. The van der Waals surface area contributed by atoms with Gasteiger partial charge >= 0.3 is 0 Å². The van der Waals surface area contributed by atoms with Crippen molar-refractivity contribution in [2.75, 3.05) is 0 Å². The molecule has 0 rings (SSSR count). The molecule has 15 heavy (non-hydrogen) atoms. The molecular formula is C11H28OSSi2. The minimum absolute atomic E-state index is 0.0515. The Morgan fingerprint density at radius 1 is 1.27 bits per heavy atom. The molecule has 0 unspecified atom stereocenters. The zero-order valence-electron chi connectivity index (χ0n) is 11.6. The van der Waals surface area contributed by atoms with Crippen molar-refractivity contribution in [2.45, 2.75) is 63.7 Å². The van der Waals surface area contributed by atoms with Crippen molar-refractivity contribution in [1.82, 2.24) is 0 Å². The number of rotatable bonds is 5. The summed E-state index contributed by atoms with van der Waals surface area (Å²) in [7, 11) is -0.583. The van der Waals surface area contributed by atoms with Gasteiger partial charge in [0.2, 0.25) is 0 Å². The molecule has 0 saturated carbocycles. The summed E-state index contributed by atoms with van der Waals surface area (Å²) >= 11 is 5.06. The van der Waals surface area contributed by atoms with Gasteiger partial charge in [0, 0.05) is 4.37 Å². The van der Waals surface area contributed by atoms with Gasteiger partial charge in [0.1, 0.15) is 10.5 Å². The van der Waals surface area contributed by atoms with Crippen molar-refractivity contribution in [3.8, 4) is 0 Å². The number of hydrogen-bond donors (Lipinski definition) is 1. The van der Waals surface area contributed by atoms with Gasteiger partial charge in [-0.2, -0.15) is 12.6 Å². The van der Waals surface area contributed by atoms with E-state index in [0.29, 0.717) is 5.92 Å². The van der Waals surface area contributed by atoms with Crippen LogP contribution in [0, 0.1) is 5.92 Å². The zero-order chi connectivity index (χ0) is 12.5. The van der Waals surface area contributed by atoms with E-state index in [2.05, 4.69) is 47.3 Å². The predicted molar refractivity (Wildman–Crippen MR) is 79.6 cm³/mol. The van der Waals surface area contributed by atoms with Crippen molar-refractivity contribution in [2.24, 2.45) is 5.92 Å².